The molecule has 5 heteroatoms. The van der Waals surface area contributed by atoms with Gasteiger partial charge in [-0.05, 0) is 46.5 Å². The molecule has 0 amide bonds. The maximum Gasteiger partial charge on any atom is 0.134 e. The average Bonchev–Trinajstić information content (AvgIpc) is 2.32. The number of anilines is 1. The standard InChI is InChI=1S/C13H15BrFN3/c1-7(2)5-8-6-11(18-16)12-10(15)4-3-9(14)13(12)17-8/h3-4,6-7H,5,16H2,1-2H3,(H,17,18). The second kappa shape index (κ2) is 5.20. The molecule has 18 heavy (non-hydrogen) atoms. The topological polar surface area (TPSA) is 50.9 Å². The summed E-state index contributed by atoms with van der Waals surface area (Å²) in [4.78, 5) is 4.50. The summed E-state index contributed by atoms with van der Waals surface area (Å²) in [6.45, 7) is 4.23. The maximum absolute atomic E-state index is 13.9. The normalized spacial score (nSPS) is 11.2. The lowest BCUT2D eigenvalue weighted by molar-refractivity contribution is 0.633. The highest BCUT2D eigenvalue weighted by atomic mass is 79.9. The second-order valence-electron chi connectivity index (χ2n) is 4.66. The lowest BCUT2D eigenvalue weighted by atomic mass is 10.1. The van der Waals surface area contributed by atoms with E-state index in [2.05, 4.69) is 40.2 Å². The summed E-state index contributed by atoms with van der Waals surface area (Å²) in [7, 11) is 0. The number of benzene rings is 1. The number of nitrogen functional groups attached to an aromatic ring is 1. The Balaban J connectivity index is 2.71. The Bertz CT molecular complexity index is 584. The van der Waals surface area contributed by atoms with Gasteiger partial charge < -0.3 is 5.43 Å². The maximum atomic E-state index is 13.9. The SMILES string of the molecule is CC(C)Cc1cc(NN)c2c(F)ccc(Br)c2n1. The zero-order valence-electron chi connectivity index (χ0n) is 10.3. The fourth-order valence-electron chi connectivity index (χ4n) is 1.96. The van der Waals surface area contributed by atoms with Crippen LogP contribution in [-0.4, -0.2) is 4.98 Å². The van der Waals surface area contributed by atoms with Gasteiger partial charge in [-0.15, -0.1) is 0 Å². The summed E-state index contributed by atoms with van der Waals surface area (Å²) >= 11 is 3.40. The van der Waals surface area contributed by atoms with Crippen molar-refractivity contribution < 1.29 is 4.39 Å². The highest BCUT2D eigenvalue weighted by Gasteiger charge is 2.13. The summed E-state index contributed by atoms with van der Waals surface area (Å²) in [5.74, 6) is 5.63. The van der Waals surface area contributed by atoms with Crippen LogP contribution in [0.5, 0.6) is 0 Å². The van der Waals surface area contributed by atoms with Gasteiger partial charge in [0, 0.05) is 10.2 Å². The largest absolute Gasteiger partial charge is 0.323 e. The molecule has 0 atom stereocenters. The molecular weight excluding hydrogens is 297 g/mol. The smallest absolute Gasteiger partial charge is 0.134 e. The molecule has 1 heterocycles. The van der Waals surface area contributed by atoms with Gasteiger partial charge in [0.1, 0.15) is 5.82 Å². The third kappa shape index (κ3) is 2.47. The quantitative estimate of drug-likeness (QED) is 0.672. The molecule has 0 aliphatic rings. The Morgan fingerprint density at radius 2 is 2.17 bits per heavy atom. The van der Waals surface area contributed by atoms with Gasteiger partial charge in [-0.2, -0.15) is 0 Å². The first-order valence-electron chi connectivity index (χ1n) is 5.77. The van der Waals surface area contributed by atoms with Gasteiger partial charge in [0.25, 0.3) is 0 Å². The number of hydrogen-bond acceptors (Lipinski definition) is 3. The van der Waals surface area contributed by atoms with Crippen LogP contribution < -0.4 is 11.3 Å². The predicted octanol–water partition coefficient (Wildman–Crippen LogP) is 3.62. The summed E-state index contributed by atoms with van der Waals surface area (Å²) in [6, 6.07) is 4.86. The summed E-state index contributed by atoms with van der Waals surface area (Å²) < 4.78 is 14.6. The fourth-order valence-corrected chi connectivity index (χ4v) is 2.38. The molecule has 0 unspecified atom stereocenters. The first kappa shape index (κ1) is 13.2. The molecule has 0 saturated heterocycles. The van der Waals surface area contributed by atoms with Crippen molar-refractivity contribution in [2.75, 3.05) is 5.43 Å². The molecule has 2 aromatic rings. The van der Waals surface area contributed by atoms with E-state index in [0.29, 0.717) is 22.5 Å². The lowest BCUT2D eigenvalue weighted by Crippen LogP contribution is -2.10. The number of hydrazine groups is 1. The van der Waals surface area contributed by atoms with E-state index in [-0.39, 0.29) is 5.82 Å². The third-order valence-corrected chi connectivity index (χ3v) is 3.33. The van der Waals surface area contributed by atoms with E-state index >= 15 is 0 Å². The van der Waals surface area contributed by atoms with E-state index in [0.717, 1.165) is 16.6 Å². The van der Waals surface area contributed by atoms with Gasteiger partial charge in [0.15, 0.2) is 0 Å². The van der Waals surface area contributed by atoms with Crippen molar-refractivity contribution in [2.24, 2.45) is 11.8 Å². The third-order valence-electron chi connectivity index (χ3n) is 2.69. The number of hydrogen-bond donors (Lipinski definition) is 2. The van der Waals surface area contributed by atoms with Crippen LogP contribution in [0.3, 0.4) is 0 Å². The van der Waals surface area contributed by atoms with Gasteiger partial charge in [-0.25, -0.2) is 4.39 Å². The van der Waals surface area contributed by atoms with Crippen molar-refractivity contribution in [3.8, 4) is 0 Å². The van der Waals surface area contributed by atoms with Crippen molar-refractivity contribution in [3.05, 3.63) is 34.2 Å². The van der Waals surface area contributed by atoms with Crippen molar-refractivity contribution >= 4 is 32.5 Å². The van der Waals surface area contributed by atoms with Crippen LogP contribution in [0.2, 0.25) is 0 Å². The molecule has 0 aliphatic carbocycles. The van der Waals surface area contributed by atoms with Crippen molar-refractivity contribution in [3.63, 3.8) is 0 Å². The summed E-state index contributed by atoms with van der Waals surface area (Å²) in [5, 5.41) is 0.416. The number of fused-ring (bicyclic) bond motifs is 1. The molecule has 96 valence electrons. The van der Waals surface area contributed by atoms with Crippen LogP contribution in [-0.2, 0) is 6.42 Å². The minimum atomic E-state index is -0.329. The Labute approximate surface area is 114 Å². The van der Waals surface area contributed by atoms with Crippen LogP contribution in [0, 0.1) is 11.7 Å². The number of nitrogens with one attached hydrogen (secondary N) is 1. The number of aromatic nitrogens is 1. The van der Waals surface area contributed by atoms with Crippen molar-refractivity contribution in [1.29, 1.82) is 0 Å². The minimum absolute atomic E-state index is 0.329. The number of nitrogens with zero attached hydrogens (tertiary/aromatic N) is 1. The molecule has 3 N–H and O–H groups in total. The molecule has 0 radical (unpaired) electrons. The molecule has 0 saturated carbocycles. The number of nitrogens with two attached hydrogens (primary N) is 1. The molecule has 0 spiro atoms. The van der Waals surface area contributed by atoms with Gasteiger partial charge in [-0.3, -0.25) is 10.8 Å². The zero-order chi connectivity index (χ0) is 13.3. The van der Waals surface area contributed by atoms with E-state index in [1.54, 1.807) is 12.1 Å². The predicted molar refractivity (Wildman–Crippen MR) is 75.8 cm³/mol. The molecular formula is C13H15BrFN3. The highest BCUT2D eigenvalue weighted by Crippen LogP contribution is 2.31. The van der Waals surface area contributed by atoms with E-state index in [1.165, 1.54) is 6.07 Å². The highest BCUT2D eigenvalue weighted by molar-refractivity contribution is 9.10. The zero-order valence-corrected chi connectivity index (χ0v) is 11.9. The molecule has 3 nitrogen and oxygen atoms in total. The number of halogens is 2. The molecule has 0 bridgehead atoms. The Hall–Kier alpha value is -1.20. The molecule has 2 rings (SSSR count). The number of pyridine rings is 1. The Morgan fingerprint density at radius 1 is 1.44 bits per heavy atom. The van der Waals surface area contributed by atoms with E-state index in [9.17, 15) is 4.39 Å². The second-order valence-corrected chi connectivity index (χ2v) is 5.51. The average molecular weight is 312 g/mol. The van der Waals surface area contributed by atoms with Crippen LogP contribution in [0.4, 0.5) is 10.1 Å². The molecule has 1 aromatic heterocycles. The van der Waals surface area contributed by atoms with Crippen molar-refractivity contribution in [2.45, 2.75) is 20.3 Å². The van der Waals surface area contributed by atoms with E-state index in [4.69, 9.17) is 5.84 Å². The van der Waals surface area contributed by atoms with Gasteiger partial charge >= 0.3 is 0 Å². The van der Waals surface area contributed by atoms with Crippen molar-refractivity contribution in [1.82, 2.24) is 4.98 Å². The Kier molecular flexibility index (Phi) is 3.82. The minimum Gasteiger partial charge on any atom is -0.323 e. The Morgan fingerprint density at radius 3 is 2.78 bits per heavy atom. The first-order valence-corrected chi connectivity index (χ1v) is 6.56. The molecule has 1 aromatic carbocycles. The van der Waals surface area contributed by atoms with Crippen LogP contribution >= 0.6 is 15.9 Å². The summed E-state index contributed by atoms with van der Waals surface area (Å²) in [6.07, 6.45) is 0.827. The lowest BCUT2D eigenvalue weighted by Gasteiger charge is -2.12. The van der Waals surface area contributed by atoms with Crippen LogP contribution in [0.15, 0.2) is 22.7 Å². The van der Waals surface area contributed by atoms with E-state index in [1.807, 2.05) is 0 Å². The molecule has 0 fully saturated rings. The monoisotopic (exact) mass is 311 g/mol. The number of rotatable bonds is 3. The van der Waals surface area contributed by atoms with Gasteiger partial charge in [0.05, 0.1) is 16.6 Å². The van der Waals surface area contributed by atoms with Gasteiger partial charge in [-0.1, -0.05) is 13.8 Å². The first-order chi connectivity index (χ1) is 8.52. The van der Waals surface area contributed by atoms with Gasteiger partial charge in [0.2, 0.25) is 0 Å². The van der Waals surface area contributed by atoms with Crippen LogP contribution in [0.25, 0.3) is 10.9 Å². The summed E-state index contributed by atoms with van der Waals surface area (Å²) in [5.41, 5.74) is 4.61. The molecule has 0 aliphatic heterocycles. The van der Waals surface area contributed by atoms with E-state index < -0.39 is 0 Å². The van der Waals surface area contributed by atoms with Crippen LogP contribution in [0.1, 0.15) is 19.5 Å². The fraction of sp³-hybridized carbons (Fsp3) is 0.308.